The minimum Gasteiger partial charge on any atom is -0.365 e. The van der Waals surface area contributed by atoms with Crippen molar-refractivity contribution in [3.05, 3.63) is 36.3 Å². The molecule has 2 amide bonds. The van der Waals surface area contributed by atoms with E-state index < -0.39 is 5.54 Å². The minimum atomic E-state index is -0.904. The van der Waals surface area contributed by atoms with Gasteiger partial charge < -0.3 is 10.2 Å². The Balaban J connectivity index is 1.79. The van der Waals surface area contributed by atoms with Crippen molar-refractivity contribution in [1.29, 1.82) is 5.26 Å². The molecule has 120 valence electrons. The first kappa shape index (κ1) is 14.4. The topological polar surface area (TPSA) is 98.0 Å². The van der Waals surface area contributed by atoms with Crippen molar-refractivity contribution in [1.82, 2.24) is 15.2 Å². The van der Waals surface area contributed by atoms with Crippen molar-refractivity contribution in [2.75, 3.05) is 28.2 Å². The number of aromatic nitrogens is 3. The number of nitrogens with one attached hydrogen (secondary N) is 1. The molecule has 8 nitrogen and oxygen atoms in total. The molecular weight excluding hydrogens is 306 g/mol. The zero-order valence-electron chi connectivity index (χ0n) is 13.1. The van der Waals surface area contributed by atoms with Gasteiger partial charge in [-0.1, -0.05) is 0 Å². The summed E-state index contributed by atoms with van der Waals surface area (Å²) in [5.74, 6) is 0.528. The van der Waals surface area contributed by atoms with Crippen molar-refractivity contribution in [2.24, 2.45) is 0 Å². The second kappa shape index (κ2) is 5.16. The third kappa shape index (κ3) is 2.06. The van der Waals surface area contributed by atoms with Gasteiger partial charge in [0.15, 0.2) is 11.4 Å². The van der Waals surface area contributed by atoms with E-state index in [-0.39, 0.29) is 6.03 Å². The van der Waals surface area contributed by atoms with E-state index in [2.05, 4.69) is 31.5 Å². The van der Waals surface area contributed by atoms with Gasteiger partial charge in [-0.2, -0.15) is 15.5 Å². The lowest BCUT2D eigenvalue weighted by Gasteiger charge is -2.40. The Morgan fingerprint density at radius 3 is 3.00 bits per heavy atom. The number of hydrogen-bond donors (Lipinski definition) is 1. The van der Waals surface area contributed by atoms with E-state index in [1.54, 1.807) is 6.07 Å². The molecule has 0 aliphatic carbocycles. The summed E-state index contributed by atoms with van der Waals surface area (Å²) in [7, 11) is 0. The highest BCUT2D eigenvalue weighted by Gasteiger charge is 2.52. The summed E-state index contributed by atoms with van der Waals surface area (Å²) in [4.78, 5) is 21.1. The second-order valence-corrected chi connectivity index (χ2v) is 6.01. The smallest absolute Gasteiger partial charge is 0.329 e. The third-order valence-corrected chi connectivity index (χ3v) is 4.47. The standard InChI is InChI=1S/C16H15N7O/c1-11-2-3-13-14(20-11)23(16(9-17)5-7-22(13)10-16)15(24)21-12-4-6-18-19-8-12/h2-4,6,8H,5,7,10H2,1H3,(H,18,21,24). The number of anilines is 3. The maximum atomic E-state index is 13.0. The van der Waals surface area contributed by atoms with Gasteiger partial charge in [0.1, 0.15) is 0 Å². The van der Waals surface area contributed by atoms with Crippen molar-refractivity contribution in [3.8, 4) is 6.07 Å². The molecule has 4 rings (SSSR count). The lowest BCUT2D eigenvalue weighted by Crippen LogP contribution is -2.57. The predicted octanol–water partition coefficient (Wildman–Crippen LogP) is 1.70. The van der Waals surface area contributed by atoms with Gasteiger partial charge in [-0.3, -0.25) is 4.90 Å². The summed E-state index contributed by atoms with van der Waals surface area (Å²) >= 11 is 0. The van der Waals surface area contributed by atoms with Gasteiger partial charge >= 0.3 is 6.03 Å². The number of carbonyl (C=O) groups excluding carboxylic acids is 1. The van der Waals surface area contributed by atoms with Crippen molar-refractivity contribution in [2.45, 2.75) is 18.9 Å². The van der Waals surface area contributed by atoms with Crippen LogP contribution in [0.1, 0.15) is 12.1 Å². The Labute approximate surface area is 138 Å². The molecule has 4 heterocycles. The van der Waals surface area contributed by atoms with Gasteiger partial charge in [-0.05, 0) is 25.1 Å². The number of hydrogen-bond acceptors (Lipinski definition) is 6. The van der Waals surface area contributed by atoms with Gasteiger partial charge in [0.2, 0.25) is 0 Å². The zero-order valence-corrected chi connectivity index (χ0v) is 13.1. The van der Waals surface area contributed by atoms with Gasteiger partial charge in [-0.15, -0.1) is 0 Å². The normalized spacial score (nSPS) is 21.2. The molecular formula is C16H15N7O. The van der Waals surface area contributed by atoms with Crippen LogP contribution < -0.4 is 15.1 Å². The van der Waals surface area contributed by atoms with Crippen LogP contribution in [0.2, 0.25) is 0 Å². The highest BCUT2D eigenvalue weighted by Crippen LogP contribution is 2.44. The van der Waals surface area contributed by atoms with Gasteiger partial charge in [0.25, 0.3) is 0 Å². The van der Waals surface area contributed by atoms with Crippen LogP contribution in [0.3, 0.4) is 0 Å². The van der Waals surface area contributed by atoms with Gasteiger partial charge in [0.05, 0.1) is 36.4 Å². The lowest BCUT2D eigenvalue weighted by atomic mass is 9.96. The summed E-state index contributed by atoms with van der Waals surface area (Å²) in [5, 5.41) is 20.0. The monoisotopic (exact) mass is 321 g/mol. The van der Waals surface area contributed by atoms with Crippen LogP contribution in [0.25, 0.3) is 0 Å². The summed E-state index contributed by atoms with van der Waals surface area (Å²) in [6.07, 6.45) is 3.55. The quantitative estimate of drug-likeness (QED) is 0.858. The Kier molecular flexibility index (Phi) is 3.09. The van der Waals surface area contributed by atoms with E-state index >= 15 is 0 Å². The molecule has 1 N–H and O–H groups in total. The van der Waals surface area contributed by atoms with Crippen LogP contribution >= 0.6 is 0 Å². The fourth-order valence-electron chi connectivity index (χ4n) is 3.31. The molecule has 0 spiro atoms. The molecule has 2 aromatic heterocycles. The maximum Gasteiger partial charge on any atom is 0.329 e. The van der Waals surface area contributed by atoms with Gasteiger partial charge in [-0.25, -0.2) is 9.78 Å². The number of urea groups is 1. The molecule has 1 unspecified atom stereocenters. The molecule has 2 bridgehead atoms. The third-order valence-electron chi connectivity index (χ3n) is 4.47. The molecule has 2 aliphatic rings. The Morgan fingerprint density at radius 2 is 2.25 bits per heavy atom. The first-order valence-electron chi connectivity index (χ1n) is 7.65. The van der Waals surface area contributed by atoms with Crippen LogP contribution in [0.15, 0.2) is 30.6 Å². The Hall–Kier alpha value is -3.21. The molecule has 1 fully saturated rings. The number of amides is 2. The number of aryl methyl sites for hydroxylation is 1. The number of fused-ring (bicyclic) bond motifs is 4. The number of pyridine rings is 1. The van der Waals surface area contributed by atoms with Gasteiger partial charge in [0, 0.05) is 18.7 Å². The molecule has 0 radical (unpaired) electrons. The van der Waals surface area contributed by atoms with Crippen LogP contribution in [0.4, 0.5) is 22.0 Å². The maximum absolute atomic E-state index is 13.0. The lowest BCUT2D eigenvalue weighted by molar-refractivity contribution is 0.252. The highest BCUT2D eigenvalue weighted by atomic mass is 16.2. The van der Waals surface area contributed by atoms with Crippen LogP contribution in [-0.4, -0.2) is 39.8 Å². The average Bonchev–Trinajstić information content (AvgIpc) is 2.96. The molecule has 2 aromatic rings. The van der Waals surface area contributed by atoms with E-state index in [1.165, 1.54) is 17.3 Å². The molecule has 2 aliphatic heterocycles. The number of carbonyl (C=O) groups is 1. The second-order valence-electron chi connectivity index (χ2n) is 6.01. The van der Waals surface area contributed by atoms with Crippen molar-refractivity contribution in [3.63, 3.8) is 0 Å². The predicted molar refractivity (Wildman–Crippen MR) is 87.7 cm³/mol. The highest BCUT2D eigenvalue weighted by molar-refractivity contribution is 6.05. The number of nitrogens with zero attached hydrogens (tertiary/aromatic N) is 6. The fraction of sp³-hybridized carbons (Fsp3) is 0.312. The van der Waals surface area contributed by atoms with E-state index in [1.807, 2.05) is 19.1 Å². The zero-order chi connectivity index (χ0) is 16.7. The largest absolute Gasteiger partial charge is 0.365 e. The summed E-state index contributed by atoms with van der Waals surface area (Å²) < 4.78 is 0. The first-order valence-corrected chi connectivity index (χ1v) is 7.65. The van der Waals surface area contributed by atoms with E-state index in [0.29, 0.717) is 24.5 Å². The minimum absolute atomic E-state index is 0.384. The molecule has 8 heteroatoms. The molecule has 0 saturated carbocycles. The molecule has 1 saturated heterocycles. The first-order chi connectivity index (χ1) is 11.6. The molecule has 24 heavy (non-hydrogen) atoms. The van der Waals surface area contributed by atoms with E-state index in [0.717, 1.165) is 17.9 Å². The average molecular weight is 321 g/mol. The molecule has 1 atom stereocenters. The summed E-state index contributed by atoms with van der Waals surface area (Å²) in [6.45, 7) is 3.09. The van der Waals surface area contributed by atoms with Crippen LogP contribution in [0, 0.1) is 18.3 Å². The van der Waals surface area contributed by atoms with E-state index in [4.69, 9.17) is 0 Å². The number of rotatable bonds is 1. The fourth-order valence-corrected chi connectivity index (χ4v) is 3.31. The van der Waals surface area contributed by atoms with Crippen molar-refractivity contribution >= 4 is 23.2 Å². The Morgan fingerprint density at radius 1 is 1.38 bits per heavy atom. The van der Waals surface area contributed by atoms with Crippen LogP contribution in [-0.2, 0) is 0 Å². The SMILES string of the molecule is Cc1ccc2c(n1)N(C(=O)Nc1ccnnc1)C1(C#N)CCN2C1. The Bertz CT molecular complexity index is 847. The van der Waals surface area contributed by atoms with E-state index in [9.17, 15) is 10.1 Å². The number of nitriles is 1. The summed E-state index contributed by atoms with van der Waals surface area (Å²) in [5.41, 5.74) is 1.30. The van der Waals surface area contributed by atoms with Crippen molar-refractivity contribution < 1.29 is 4.79 Å². The molecule has 0 aromatic carbocycles. The van der Waals surface area contributed by atoms with Crippen LogP contribution in [0.5, 0.6) is 0 Å². The summed E-state index contributed by atoms with van der Waals surface area (Å²) in [6, 6.07) is 7.48.